The average Bonchev–Trinajstić information content (AvgIpc) is 3.14. The molecule has 1 amide bonds. The van der Waals surface area contributed by atoms with Crippen molar-refractivity contribution in [1.82, 2.24) is 5.43 Å². The van der Waals surface area contributed by atoms with Crippen LogP contribution in [0, 0.1) is 0 Å². The molecule has 0 aromatic heterocycles. The van der Waals surface area contributed by atoms with Crippen LogP contribution in [0.1, 0.15) is 24.0 Å². The van der Waals surface area contributed by atoms with Crippen molar-refractivity contribution in [2.45, 2.75) is 19.4 Å². The molecular weight excluding hydrogens is 344 g/mol. The number of aliphatic imine (C=N–C) groups is 1. The molecule has 0 aliphatic carbocycles. The molecule has 0 saturated carbocycles. The Hall–Kier alpha value is -2.60. The summed E-state index contributed by atoms with van der Waals surface area (Å²) >= 11 is 1.66. The Morgan fingerprint density at radius 3 is 2.58 bits per heavy atom. The second-order valence-corrected chi connectivity index (χ2v) is 7.23. The number of hydrazone groups is 1. The summed E-state index contributed by atoms with van der Waals surface area (Å²) in [5.41, 5.74) is 7.27. The zero-order chi connectivity index (χ0) is 17.8. The Balaban J connectivity index is 1.40. The molecule has 1 saturated heterocycles. The normalized spacial score (nSPS) is 18.8. The summed E-state index contributed by atoms with van der Waals surface area (Å²) in [6, 6.07) is 18.3. The van der Waals surface area contributed by atoms with Gasteiger partial charge < -0.3 is 4.90 Å². The predicted octanol–water partition coefficient (Wildman–Crippen LogP) is 3.41. The second-order valence-electron chi connectivity index (χ2n) is 6.26. The summed E-state index contributed by atoms with van der Waals surface area (Å²) in [6.07, 6.45) is 1.60. The highest BCUT2D eigenvalue weighted by Crippen LogP contribution is 2.23. The summed E-state index contributed by atoms with van der Waals surface area (Å²) in [6.45, 7) is 1.47. The van der Waals surface area contributed by atoms with Gasteiger partial charge in [0.2, 0.25) is 5.91 Å². The largest absolute Gasteiger partial charge is 0.312 e. The Labute approximate surface area is 157 Å². The third-order valence-electron chi connectivity index (χ3n) is 4.47. The molecule has 0 unspecified atom stereocenters. The van der Waals surface area contributed by atoms with Crippen LogP contribution in [-0.2, 0) is 11.3 Å². The lowest BCUT2D eigenvalue weighted by Gasteiger charge is -2.18. The van der Waals surface area contributed by atoms with Crippen LogP contribution in [0.15, 0.2) is 64.7 Å². The third kappa shape index (κ3) is 3.80. The fourth-order valence-corrected chi connectivity index (χ4v) is 3.82. The molecule has 2 aliphatic heterocycles. The number of hydrogen-bond donors (Lipinski definition) is 1. The van der Waals surface area contributed by atoms with Crippen LogP contribution in [-0.4, -0.2) is 29.1 Å². The molecule has 2 aromatic carbocycles. The maximum atomic E-state index is 11.8. The molecule has 5 nitrogen and oxygen atoms in total. The van der Waals surface area contributed by atoms with E-state index in [2.05, 4.69) is 27.7 Å². The average molecular weight is 364 g/mol. The standard InChI is InChI=1S/C20H20N4OS/c25-19-7-4-12-24(19)17-10-8-16(9-11-17)18-14-26-20(23-22-18)21-13-15-5-2-1-3-6-15/h1-3,5-6,8-11H,4,7,12-14H2,(H,21,23). The van der Waals surface area contributed by atoms with Crippen molar-refractivity contribution < 1.29 is 4.79 Å². The van der Waals surface area contributed by atoms with Crippen LogP contribution in [0.5, 0.6) is 0 Å². The lowest BCUT2D eigenvalue weighted by molar-refractivity contribution is -0.117. The zero-order valence-corrected chi connectivity index (χ0v) is 15.2. The zero-order valence-electron chi connectivity index (χ0n) is 14.4. The van der Waals surface area contributed by atoms with Gasteiger partial charge >= 0.3 is 0 Å². The molecule has 0 radical (unpaired) electrons. The van der Waals surface area contributed by atoms with Gasteiger partial charge in [-0.2, -0.15) is 5.10 Å². The molecule has 2 heterocycles. The minimum absolute atomic E-state index is 0.212. The van der Waals surface area contributed by atoms with Crippen LogP contribution in [0.4, 0.5) is 5.69 Å². The summed E-state index contributed by atoms with van der Waals surface area (Å²) in [5.74, 6) is 0.993. The van der Waals surface area contributed by atoms with Crippen molar-refractivity contribution in [3.63, 3.8) is 0 Å². The number of nitrogens with one attached hydrogen (secondary N) is 1. The molecule has 4 rings (SSSR count). The lowest BCUT2D eigenvalue weighted by atomic mass is 10.1. The summed E-state index contributed by atoms with van der Waals surface area (Å²) in [4.78, 5) is 18.3. The Morgan fingerprint density at radius 2 is 1.92 bits per heavy atom. The molecule has 0 spiro atoms. The van der Waals surface area contributed by atoms with E-state index in [1.165, 1.54) is 5.56 Å². The molecule has 0 atom stereocenters. The molecule has 1 N–H and O–H groups in total. The van der Waals surface area contributed by atoms with Gasteiger partial charge in [-0.25, -0.2) is 0 Å². The van der Waals surface area contributed by atoms with Gasteiger partial charge in [-0.1, -0.05) is 54.2 Å². The molecule has 132 valence electrons. The molecule has 26 heavy (non-hydrogen) atoms. The number of amidine groups is 1. The van der Waals surface area contributed by atoms with Crippen LogP contribution < -0.4 is 10.3 Å². The number of anilines is 1. The fraction of sp³-hybridized carbons (Fsp3) is 0.250. The van der Waals surface area contributed by atoms with E-state index in [-0.39, 0.29) is 5.91 Å². The number of hydrogen-bond acceptors (Lipinski definition) is 4. The third-order valence-corrected chi connectivity index (χ3v) is 5.38. The van der Waals surface area contributed by atoms with Gasteiger partial charge in [-0.3, -0.25) is 15.2 Å². The van der Waals surface area contributed by atoms with Crippen molar-refractivity contribution in [2.75, 3.05) is 17.2 Å². The smallest absolute Gasteiger partial charge is 0.227 e. The number of thioether (sulfide) groups is 1. The first-order chi connectivity index (χ1) is 12.8. The maximum Gasteiger partial charge on any atom is 0.227 e. The van der Waals surface area contributed by atoms with Gasteiger partial charge in [0, 0.05) is 24.4 Å². The van der Waals surface area contributed by atoms with Gasteiger partial charge in [-0.15, -0.1) is 0 Å². The Bertz CT molecular complexity index is 846. The second kappa shape index (κ2) is 7.74. The Morgan fingerprint density at radius 1 is 1.12 bits per heavy atom. The van der Waals surface area contributed by atoms with E-state index in [0.717, 1.165) is 40.8 Å². The van der Waals surface area contributed by atoms with Crippen LogP contribution in [0.3, 0.4) is 0 Å². The number of amides is 1. The van der Waals surface area contributed by atoms with Crippen molar-refractivity contribution in [2.24, 2.45) is 10.1 Å². The minimum Gasteiger partial charge on any atom is -0.312 e. The van der Waals surface area contributed by atoms with Crippen LogP contribution in [0.2, 0.25) is 0 Å². The van der Waals surface area contributed by atoms with Crippen molar-refractivity contribution in [3.8, 4) is 0 Å². The highest BCUT2D eigenvalue weighted by atomic mass is 32.2. The first-order valence-corrected chi connectivity index (χ1v) is 9.73. The molecular formula is C20H20N4OS. The SMILES string of the molecule is O=C1CCCN1c1ccc(C2=NNC(=NCc3ccccc3)SC2)cc1. The lowest BCUT2D eigenvalue weighted by Crippen LogP contribution is -2.26. The van der Waals surface area contributed by atoms with Crippen molar-refractivity contribution in [3.05, 3.63) is 65.7 Å². The Kier molecular flexibility index (Phi) is 5.02. The quantitative estimate of drug-likeness (QED) is 0.904. The number of rotatable bonds is 4. The molecule has 2 aromatic rings. The summed E-state index contributed by atoms with van der Waals surface area (Å²) in [7, 11) is 0. The molecule has 1 fully saturated rings. The van der Waals surface area contributed by atoms with Gasteiger partial charge in [0.1, 0.15) is 0 Å². The minimum atomic E-state index is 0.212. The number of nitrogens with zero attached hydrogens (tertiary/aromatic N) is 3. The van der Waals surface area contributed by atoms with Gasteiger partial charge in [0.25, 0.3) is 0 Å². The van der Waals surface area contributed by atoms with Crippen LogP contribution in [0.25, 0.3) is 0 Å². The first-order valence-electron chi connectivity index (χ1n) is 8.74. The van der Waals surface area contributed by atoms with Gasteiger partial charge in [0.15, 0.2) is 5.17 Å². The fourth-order valence-electron chi connectivity index (χ4n) is 3.05. The maximum absolute atomic E-state index is 11.8. The van der Waals surface area contributed by atoms with Gasteiger partial charge in [-0.05, 0) is 29.7 Å². The number of carbonyl (C=O) groups excluding carboxylic acids is 1. The van der Waals surface area contributed by atoms with E-state index in [4.69, 9.17) is 0 Å². The first kappa shape index (κ1) is 16.8. The van der Waals surface area contributed by atoms with E-state index < -0.39 is 0 Å². The summed E-state index contributed by atoms with van der Waals surface area (Å²) < 4.78 is 0. The van der Waals surface area contributed by atoms with E-state index in [1.807, 2.05) is 47.4 Å². The van der Waals surface area contributed by atoms with Crippen LogP contribution >= 0.6 is 11.8 Å². The monoisotopic (exact) mass is 364 g/mol. The van der Waals surface area contributed by atoms with E-state index in [1.54, 1.807) is 11.8 Å². The molecule has 2 aliphatic rings. The summed E-state index contributed by atoms with van der Waals surface area (Å²) in [5, 5.41) is 5.31. The van der Waals surface area contributed by atoms with Crippen molar-refractivity contribution in [1.29, 1.82) is 0 Å². The predicted molar refractivity (Wildman–Crippen MR) is 108 cm³/mol. The topological polar surface area (TPSA) is 57.1 Å². The highest BCUT2D eigenvalue weighted by molar-refractivity contribution is 8.14. The highest BCUT2D eigenvalue weighted by Gasteiger charge is 2.21. The van der Waals surface area contributed by atoms with Gasteiger partial charge in [0.05, 0.1) is 12.3 Å². The molecule has 0 bridgehead atoms. The van der Waals surface area contributed by atoms with E-state index in [0.29, 0.717) is 13.0 Å². The number of benzene rings is 2. The van der Waals surface area contributed by atoms with E-state index in [9.17, 15) is 4.79 Å². The van der Waals surface area contributed by atoms with Crippen molar-refractivity contribution >= 4 is 34.2 Å². The van der Waals surface area contributed by atoms with E-state index >= 15 is 0 Å². The number of carbonyl (C=O) groups is 1. The molecule has 6 heteroatoms.